The van der Waals surface area contributed by atoms with Gasteiger partial charge in [0.05, 0.1) is 30.6 Å². The summed E-state index contributed by atoms with van der Waals surface area (Å²) in [5, 5.41) is 4.34. The van der Waals surface area contributed by atoms with Crippen LogP contribution in [-0.2, 0) is 14.9 Å². The molecule has 0 fully saturated rings. The van der Waals surface area contributed by atoms with E-state index in [0.29, 0.717) is 11.3 Å². The molecule has 0 aliphatic rings. The number of imide groups is 1. The molecule has 0 saturated carbocycles. The molecule has 0 spiro atoms. The van der Waals surface area contributed by atoms with Crippen molar-refractivity contribution in [2.24, 2.45) is 0 Å². The highest BCUT2D eigenvalue weighted by atomic mass is 79.9. The van der Waals surface area contributed by atoms with Crippen LogP contribution in [0.5, 0.6) is 5.75 Å². The fourth-order valence-corrected chi connectivity index (χ4v) is 2.48. The molecule has 0 radical (unpaired) electrons. The van der Waals surface area contributed by atoms with Gasteiger partial charge in [0.15, 0.2) is 5.82 Å². The SMILES string of the molecule is CO/C=C/C(=O)NC(=O)Nc1cc(C(C)(C)C)c(OC)c(Br)c1F. The van der Waals surface area contributed by atoms with Crippen LogP contribution in [0.1, 0.15) is 26.3 Å². The number of amides is 3. The molecule has 132 valence electrons. The van der Waals surface area contributed by atoms with Crippen LogP contribution in [0.2, 0.25) is 0 Å². The molecule has 2 N–H and O–H groups in total. The van der Waals surface area contributed by atoms with Gasteiger partial charge in [-0.1, -0.05) is 20.8 Å². The molecule has 0 heterocycles. The van der Waals surface area contributed by atoms with Gasteiger partial charge in [-0.25, -0.2) is 9.18 Å². The molecule has 0 atom stereocenters. The van der Waals surface area contributed by atoms with Crippen LogP contribution >= 0.6 is 15.9 Å². The molecule has 1 aromatic rings. The van der Waals surface area contributed by atoms with E-state index >= 15 is 0 Å². The van der Waals surface area contributed by atoms with E-state index in [1.807, 2.05) is 26.1 Å². The van der Waals surface area contributed by atoms with Crippen molar-refractivity contribution >= 4 is 33.6 Å². The maximum atomic E-state index is 14.4. The van der Waals surface area contributed by atoms with E-state index in [9.17, 15) is 14.0 Å². The maximum Gasteiger partial charge on any atom is 0.326 e. The zero-order valence-corrected chi connectivity index (χ0v) is 15.7. The number of benzene rings is 1. The summed E-state index contributed by atoms with van der Waals surface area (Å²) in [5.41, 5.74) is 0.263. The molecule has 8 heteroatoms. The minimum Gasteiger partial charge on any atom is -0.504 e. The number of rotatable bonds is 4. The monoisotopic (exact) mass is 402 g/mol. The van der Waals surface area contributed by atoms with E-state index in [0.717, 1.165) is 12.3 Å². The third kappa shape index (κ3) is 4.95. The first kappa shape index (κ1) is 20.0. The molecule has 6 nitrogen and oxygen atoms in total. The molecule has 0 bridgehead atoms. The van der Waals surface area contributed by atoms with Crippen LogP contribution in [0.4, 0.5) is 14.9 Å². The van der Waals surface area contributed by atoms with Crippen molar-refractivity contribution in [1.29, 1.82) is 0 Å². The van der Waals surface area contributed by atoms with Crippen LogP contribution in [0.15, 0.2) is 22.9 Å². The van der Waals surface area contributed by atoms with Crippen molar-refractivity contribution in [3.8, 4) is 5.75 Å². The summed E-state index contributed by atoms with van der Waals surface area (Å²) in [5.74, 6) is -1.04. The lowest BCUT2D eigenvalue weighted by molar-refractivity contribution is -0.115. The van der Waals surface area contributed by atoms with Gasteiger partial charge in [-0.15, -0.1) is 0 Å². The number of hydrogen-bond acceptors (Lipinski definition) is 4. The normalized spacial score (nSPS) is 11.3. The Morgan fingerprint density at radius 2 is 1.92 bits per heavy atom. The second-order valence-corrected chi connectivity index (χ2v) is 6.66. The summed E-state index contributed by atoms with van der Waals surface area (Å²) in [6, 6.07) is 0.616. The molecule has 3 amide bonds. The number of methoxy groups -OCH3 is 2. The van der Waals surface area contributed by atoms with Gasteiger partial charge in [-0.3, -0.25) is 10.1 Å². The summed E-state index contributed by atoms with van der Waals surface area (Å²) >= 11 is 3.14. The predicted molar refractivity (Wildman–Crippen MR) is 92.7 cm³/mol. The molecule has 0 aromatic heterocycles. The topological polar surface area (TPSA) is 76.7 Å². The van der Waals surface area contributed by atoms with Crippen molar-refractivity contribution in [3.05, 3.63) is 34.3 Å². The van der Waals surface area contributed by atoms with E-state index in [-0.39, 0.29) is 15.6 Å². The minimum atomic E-state index is -0.864. The van der Waals surface area contributed by atoms with Crippen LogP contribution in [0.3, 0.4) is 0 Å². The van der Waals surface area contributed by atoms with Crippen molar-refractivity contribution < 1.29 is 23.5 Å². The van der Waals surface area contributed by atoms with Crippen LogP contribution in [0.25, 0.3) is 0 Å². The van der Waals surface area contributed by atoms with Gasteiger partial charge in [-0.05, 0) is 27.4 Å². The van der Waals surface area contributed by atoms with Gasteiger partial charge in [0.25, 0.3) is 5.91 Å². The van der Waals surface area contributed by atoms with E-state index in [4.69, 9.17) is 4.74 Å². The summed E-state index contributed by atoms with van der Waals surface area (Å²) < 4.78 is 24.4. The highest BCUT2D eigenvalue weighted by molar-refractivity contribution is 9.10. The second kappa shape index (κ2) is 8.14. The lowest BCUT2D eigenvalue weighted by Crippen LogP contribution is -2.33. The van der Waals surface area contributed by atoms with Crippen molar-refractivity contribution in [2.45, 2.75) is 26.2 Å². The number of anilines is 1. The van der Waals surface area contributed by atoms with E-state index < -0.39 is 17.8 Å². The maximum absolute atomic E-state index is 14.4. The zero-order chi connectivity index (χ0) is 18.5. The fraction of sp³-hybridized carbons (Fsp3) is 0.375. The zero-order valence-electron chi connectivity index (χ0n) is 14.1. The third-order valence-electron chi connectivity index (χ3n) is 3.01. The molecule has 1 aromatic carbocycles. The molecule has 0 aliphatic heterocycles. The van der Waals surface area contributed by atoms with Crippen molar-refractivity contribution in [1.82, 2.24) is 5.32 Å². The number of nitrogens with one attached hydrogen (secondary N) is 2. The average molecular weight is 403 g/mol. The second-order valence-electron chi connectivity index (χ2n) is 5.86. The summed E-state index contributed by atoms with van der Waals surface area (Å²) in [6.07, 6.45) is 2.14. The first-order chi connectivity index (χ1) is 11.1. The molecule has 0 aliphatic carbocycles. The lowest BCUT2D eigenvalue weighted by Gasteiger charge is -2.24. The Kier molecular flexibility index (Phi) is 6.77. The molecule has 24 heavy (non-hydrogen) atoms. The number of ether oxygens (including phenoxy) is 2. The Balaban J connectivity index is 3.12. The largest absolute Gasteiger partial charge is 0.504 e. The number of carbonyl (C=O) groups excluding carboxylic acids is 2. The number of halogens is 2. The fourth-order valence-electron chi connectivity index (χ4n) is 1.89. The Hall–Kier alpha value is -2.09. The van der Waals surface area contributed by atoms with Gasteiger partial charge in [0.1, 0.15) is 5.75 Å². The van der Waals surface area contributed by atoms with Crippen molar-refractivity contribution in [2.75, 3.05) is 19.5 Å². The third-order valence-corrected chi connectivity index (χ3v) is 3.72. The molecule has 0 unspecified atom stereocenters. The van der Waals surface area contributed by atoms with Gasteiger partial charge in [-0.2, -0.15) is 0 Å². The quantitative estimate of drug-likeness (QED) is 0.594. The Morgan fingerprint density at radius 1 is 1.29 bits per heavy atom. The minimum absolute atomic E-state index is 0.0754. The molecule has 1 rings (SSSR count). The smallest absolute Gasteiger partial charge is 0.326 e. The summed E-state index contributed by atoms with van der Waals surface area (Å²) in [7, 11) is 2.80. The highest BCUT2D eigenvalue weighted by Crippen LogP contribution is 2.41. The van der Waals surface area contributed by atoms with E-state index in [1.54, 1.807) is 0 Å². The number of urea groups is 1. The van der Waals surface area contributed by atoms with Gasteiger partial charge in [0.2, 0.25) is 0 Å². The van der Waals surface area contributed by atoms with E-state index in [2.05, 4.69) is 26.0 Å². The van der Waals surface area contributed by atoms with Crippen LogP contribution in [-0.4, -0.2) is 26.2 Å². The van der Waals surface area contributed by atoms with Crippen molar-refractivity contribution in [3.63, 3.8) is 0 Å². The first-order valence-corrected chi connectivity index (χ1v) is 7.78. The van der Waals surface area contributed by atoms with Crippen LogP contribution in [0, 0.1) is 5.82 Å². The van der Waals surface area contributed by atoms with Gasteiger partial charge < -0.3 is 14.8 Å². The highest BCUT2D eigenvalue weighted by Gasteiger charge is 2.26. The Bertz CT molecular complexity index is 669. The van der Waals surface area contributed by atoms with Gasteiger partial charge in [0, 0.05) is 11.6 Å². The molecule has 0 saturated heterocycles. The summed E-state index contributed by atoms with van der Waals surface area (Å²) in [6.45, 7) is 5.79. The average Bonchev–Trinajstić information content (AvgIpc) is 2.48. The summed E-state index contributed by atoms with van der Waals surface area (Å²) in [4.78, 5) is 23.3. The Morgan fingerprint density at radius 3 is 2.42 bits per heavy atom. The number of carbonyl (C=O) groups is 2. The van der Waals surface area contributed by atoms with E-state index in [1.165, 1.54) is 20.3 Å². The number of hydrogen-bond donors (Lipinski definition) is 2. The molecular weight excluding hydrogens is 383 g/mol. The first-order valence-electron chi connectivity index (χ1n) is 6.99. The van der Waals surface area contributed by atoms with Crippen LogP contribution < -0.4 is 15.4 Å². The predicted octanol–water partition coefficient (Wildman–Crippen LogP) is 3.70. The Labute approximate surface area is 148 Å². The van der Waals surface area contributed by atoms with Gasteiger partial charge >= 0.3 is 6.03 Å². The molecular formula is C16H20BrFN2O4. The lowest BCUT2D eigenvalue weighted by atomic mass is 9.86. The standard InChI is InChI=1S/C16H20BrFN2O4/c1-16(2,3)9-8-10(13(18)12(17)14(9)24-5)19-15(22)20-11(21)6-7-23-4/h6-8H,1-5H3,(H2,19,20,21,22)/b7-6+.